The second-order valence-electron chi connectivity index (χ2n) is 6.19. The van der Waals surface area contributed by atoms with Crippen molar-refractivity contribution in [2.45, 2.75) is 16.5 Å². The number of thioether (sulfide) groups is 1. The third-order valence-corrected chi connectivity index (χ3v) is 6.61. The van der Waals surface area contributed by atoms with Gasteiger partial charge in [-0.05, 0) is 54.2 Å². The number of fused-ring (bicyclic) bond motifs is 1. The first kappa shape index (κ1) is 18.9. The van der Waals surface area contributed by atoms with Crippen molar-refractivity contribution in [3.63, 3.8) is 0 Å². The molecule has 28 heavy (non-hydrogen) atoms. The van der Waals surface area contributed by atoms with E-state index >= 15 is 0 Å². The molecule has 0 spiro atoms. The molecular weight excluding hydrogens is 406 g/mol. The number of carbonyl (C=O) groups excluding carboxylic acids is 1. The third-order valence-electron chi connectivity index (χ3n) is 4.19. The van der Waals surface area contributed by atoms with E-state index in [2.05, 4.69) is 16.5 Å². The Morgan fingerprint density at radius 2 is 1.79 bits per heavy atom. The van der Waals surface area contributed by atoms with Gasteiger partial charge >= 0.3 is 0 Å². The smallest absolute Gasteiger partial charge is 0.237 e. The summed E-state index contributed by atoms with van der Waals surface area (Å²) in [6, 6.07) is 23.8. The van der Waals surface area contributed by atoms with E-state index in [1.807, 2.05) is 73.7 Å². The van der Waals surface area contributed by atoms with E-state index in [1.54, 1.807) is 4.68 Å². The van der Waals surface area contributed by atoms with Gasteiger partial charge in [-0.25, -0.2) is 4.68 Å². The number of hydrogen-bond acceptors (Lipinski definition) is 5. The molecule has 0 aliphatic rings. The molecule has 4 nitrogen and oxygen atoms in total. The summed E-state index contributed by atoms with van der Waals surface area (Å²) < 4.78 is 3.17. The second kappa shape index (κ2) is 8.26. The summed E-state index contributed by atoms with van der Waals surface area (Å²) in [5.74, 6) is -0.0624. The average Bonchev–Trinajstić information content (AvgIpc) is 3.08. The summed E-state index contributed by atoms with van der Waals surface area (Å²) in [6.45, 7) is 1.87. The lowest BCUT2D eigenvalue weighted by Crippen LogP contribution is -2.22. The molecule has 0 aliphatic heterocycles. The van der Waals surface area contributed by atoms with Crippen molar-refractivity contribution in [3.05, 3.63) is 76.8 Å². The number of aromatic nitrogens is 2. The van der Waals surface area contributed by atoms with Crippen molar-refractivity contribution >= 4 is 57.7 Å². The minimum atomic E-state index is -0.295. The molecule has 4 aromatic rings. The van der Waals surface area contributed by atoms with E-state index in [1.165, 1.54) is 23.1 Å². The fraction of sp³-hybridized carbons (Fsp3) is 0.0952. The molecule has 0 saturated carbocycles. The van der Waals surface area contributed by atoms with Crippen molar-refractivity contribution in [3.8, 4) is 5.69 Å². The van der Waals surface area contributed by atoms with Crippen LogP contribution in [0.1, 0.15) is 6.92 Å². The quantitative estimate of drug-likeness (QED) is 0.319. The van der Waals surface area contributed by atoms with Crippen LogP contribution in [0, 0.1) is 3.95 Å². The van der Waals surface area contributed by atoms with Crippen LogP contribution in [0.15, 0.2) is 77.1 Å². The zero-order valence-electron chi connectivity index (χ0n) is 15.0. The predicted molar refractivity (Wildman–Crippen MR) is 120 cm³/mol. The van der Waals surface area contributed by atoms with Crippen LogP contribution in [0.2, 0.25) is 0 Å². The van der Waals surface area contributed by atoms with E-state index in [9.17, 15) is 4.79 Å². The van der Waals surface area contributed by atoms with Crippen LogP contribution in [-0.4, -0.2) is 20.9 Å². The zero-order valence-corrected chi connectivity index (χ0v) is 17.5. The van der Waals surface area contributed by atoms with Gasteiger partial charge in [-0.15, -0.1) is 5.10 Å². The normalized spacial score (nSPS) is 12.0. The summed E-state index contributed by atoms with van der Waals surface area (Å²) in [4.78, 5) is 12.6. The Bertz CT molecular complexity index is 1180. The highest BCUT2D eigenvalue weighted by Crippen LogP contribution is 2.28. The van der Waals surface area contributed by atoms with Gasteiger partial charge in [-0.2, -0.15) is 0 Å². The van der Waals surface area contributed by atoms with Crippen molar-refractivity contribution in [2.24, 2.45) is 0 Å². The molecular formula is C21H17N3OS3. The van der Waals surface area contributed by atoms with Crippen molar-refractivity contribution < 1.29 is 4.79 Å². The highest BCUT2D eigenvalue weighted by Gasteiger charge is 2.18. The summed E-state index contributed by atoms with van der Waals surface area (Å²) in [5.41, 5.74) is 1.71. The Morgan fingerprint density at radius 1 is 1.07 bits per heavy atom. The van der Waals surface area contributed by atoms with Crippen LogP contribution >= 0.6 is 35.3 Å². The van der Waals surface area contributed by atoms with E-state index in [0.717, 1.165) is 26.5 Å². The van der Waals surface area contributed by atoms with Crippen LogP contribution in [-0.2, 0) is 4.79 Å². The molecule has 7 heteroatoms. The second-order valence-corrected chi connectivity index (χ2v) is 9.40. The monoisotopic (exact) mass is 423 g/mol. The summed E-state index contributed by atoms with van der Waals surface area (Å²) in [6.07, 6.45) is 0. The van der Waals surface area contributed by atoms with Gasteiger partial charge in [0.2, 0.25) is 5.91 Å². The molecule has 0 saturated heterocycles. The Kier molecular flexibility index (Phi) is 5.57. The number of nitrogens with one attached hydrogen (secondary N) is 1. The Labute approximate surface area is 176 Å². The van der Waals surface area contributed by atoms with Crippen LogP contribution in [0.4, 0.5) is 5.69 Å². The van der Waals surface area contributed by atoms with Gasteiger partial charge in [0.1, 0.15) is 0 Å². The molecule has 4 rings (SSSR count). The van der Waals surface area contributed by atoms with Gasteiger partial charge in [-0.3, -0.25) is 4.79 Å². The van der Waals surface area contributed by atoms with E-state index < -0.39 is 0 Å². The van der Waals surface area contributed by atoms with Crippen molar-refractivity contribution in [2.75, 3.05) is 5.32 Å². The molecule has 140 valence electrons. The van der Waals surface area contributed by atoms with Crippen molar-refractivity contribution in [1.29, 1.82) is 0 Å². The van der Waals surface area contributed by atoms with Crippen molar-refractivity contribution in [1.82, 2.24) is 9.78 Å². The molecule has 0 unspecified atom stereocenters. The predicted octanol–water partition coefficient (Wildman–Crippen LogP) is 5.94. The molecule has 1 atom stereocenters. The number of amides is 1. The number of anilines is 1. The fourth-order valence-electron chi connectivity index (χ4n) is 2.76. The molecule has 1 heterocycles. The number of benzene rings is 3. The Balaban J connectivity index is 1.46. The minimum absolute atomic E-state index is 0.0624. The maximum Gasteiger partial charge on any atom is 0.237 e. The molecule has 0 radical (unpaired) electrons. The summed E-state index contributed by atoms with van der Waals surface area (Å²) in [5, 5.41) is 9.51. The first-order valence-corrected chi connectivity index (χ1v) is 10.8. The third kappa shape index (κ3) is 4.16. The molecule has 0 aliphatic carbocycles. The maximum absolute atomic E-state index is 12.6. The lowest BCUT2D eigenvalue weighted by atomic mass is 10.1. The van der Waals surface area contributed by atoms with Gasteiger partial charge in [0.15, 0.2) is 8.29 Å². The topological polar surface area (TPSA) is 46.9 Å². The Morgan fingerprint density at radius 3 is 2.57 bits per heavy atom. The highest BCUT2D eigenvalue weighted by molar-refractivity contribution is 8.02. The SMILES string of the molecule is C[C@@H](Sc1nn(-c2ccccc2)c(=S)s1)C(=O)Nc1ccc2ccccc2c1. The molecule has 1 amide bonds. The molecule has 0 bridgehead atoms. The first-order valence-electron chi connectivity index (χ1n) is 8.72. The zero-order chi connectivity index (χ0) is 19.5. The standard InChI is InChI=1S/C21H17N3OS3/c1-14(19(25)22-17-12-11-15-7-5-6-8-16(15)13-17)27-20-23-24(21(26)28-20)18-9-3-2-4-10-18/h2-14H,1H3,(H,22,25)/t14-/m1/s1. The molecule has 1 aromatic heterocycles. The first-order chi connectivity index (χ1) is 13.6. The minimum Gasteiger partial charge on any atom is -0.325 e. The lowest BCUT2D eigenvalue weighted by molar-refractivity contribution is -0.115. The number of hydrogen-bond donors (Lipinski definition) is 1. The van der Waals surface area contributed by atoms with Crippen LogP contribution in [0.25, 0.3) is 16.5 Å². The van der Waals surface area contributed by atoms with Crippen LogP contribution in [0.5, 0.6) is 0 Å². The molecule has 1 N–H and O–H groups in total. The van der Waals surface area contributed by atoms with Gasteiger partial charge < -0.3 is 5.32 Å². The number of rotatable bonds is 5. The van der Waals surface area contributed by atoms with Gasteiger partial charge in [0.25, 0.3) is 0 Å². The molecule has 3 aromatic carbocycles. The van der Waals surface area contributed by atoms with E-state index in [0.29, 0.717) is 3.95 Å². The number of nitrogens with zero attached hydrogens (tertiary/aromatic N) is 2. The Hall–Kier alpha value is -2.48. The van der Waals surface area contributed by atoms with E-state index in [4.69, 9.17) is 12.2 Å². The molecule has 0 fully saturated rings. The largest absolute Gasteiger partial charge is 0.325 e. The van der Waals surface area contributed by atoms with Crippen LogP contribution < -0.4 is 5.32 Å². The highest BCUT2D eigenvalue weighted by atomic mass is 32.2. The summed E-state index contributed by atoms with van der Waals surface area (Å²) in [7, 11) is 0. The maximum atomic E-state index is 12.6. The van der Waals surface area contributed by atoms with Gasteiger partial charge in [0.05, 0.1) is 10.9 Å². The van der Waals surface area contributed by atoms with Gasteiger partial charge in [-0.1, -0.05) is 71.6 Å². The van der Waals surface area contributed by atoms with Crippen LogP contribution in [0.3, 0.4) is 0 Å². The average molecular weight is 424 g/mol. The number of para-hydroxylation sites is 1. The number of carbonyl (C=O) groups is 1. The fourth-order valence-corrected chi connectivity index (χ4v) is 5.26. The van der Waals surface area contributed by atoms with E-state index in [-0.39, 0.29) is 11.2 Å². The lowest BCUT2D eigenvalue weighted by Gasteiger charge is -2.11. The van der Waals surface area contributed by atoms with Gasteiger partial charge in [0, 0.05) is 5.69 Å². The summed E-state index contributed by atoms with van der Waals surface area (Å²) >= 11 is 8.25.